The normalized spacial score (nSPS) is 16.5. The summed E-state index contributed by atoms with van der Waals surface area (Å²) in [5, 5.41) is 3.60. The Labute approximate surface area is 180 Å². The minimum absolute atomic E-state index is 0.157. The lowest BCUT2D eigenvalue weighted by molar-refractivity contribution is -0.129. The van der Waals surface area contributed by atoms with E-state index in [4.69, 9.17) is 5.73 Å². The van der Waals surface area contributed by atoms with Crippen molar-refractivity contribution in [2.45, 2.75) is 32.4 Å². The zero-order valence-corrected chi connectivity index (χ0v) is 17.6. The van der Waals surface area contributed by atoms with Gasteiger partial charge < -0.3 is 20.9 Å². The van der Waals surface area contributed by atoms with Gasteiger partial charge in [0.25, 0.3) is 5.91 Å². The molecule has 1 aliphatic rings. The standard InChI is InChI=1S/C24H26N4O3/c1-14(2)11-20(23(30)27-13-21(25)29)28-22(16-8-3-4-9-17(16)24(28)31)18-12-26-19-10-6-5-7-15(18)19/h3-10,12,14,20,22,26H,11,13H2,1-2H3,(H2,25,29)(H,27,30). The van der Waals surface area contributed by atoms with Crippen molar-refractivity contribution < 1.29 is 14.4 Å². The largest absolute Gasteiger partial charge is 0.368 e. The number of aromatic amines is 1. The van der Waals surface area contributed by atoms with E-state index in [1.165, 1.54) is 0 Å². The van der Waals surface area contributed by atoms with E-state index in [0.717, 1.165) is 22.0 Å². The molecule has 1 aromatic heterocycles. The van der Waals surface area contributed by atoms with Crippen LogP contribution in [-0.4, -0.2) is 40.2 Å². The molecule has 31 heavy (non-hydrogen) atoms. The number of nitrogens with zero attached hydrogens (tertiary/aromatic N) is 1. The van der Waals surface area contributed by atoms with Gasteiger partial charge in [0, 0.05) is 28.2 Å². The Hall–Kier alpha value is -3.61. The van der Waals surface area contributed by atoms with Crippen LogP contribution in [0.25, 0.3) is 10.9 Å². The summed E-state index contributed by atoms with van der Waals surface area (Å²) in [7, 11) is 0. The van der Waals surface area contributed by atoms with Crippen molar-refractivity contribution in [2.75, 3.05) is 6.54 Å². The first kappa shape index (κ1) is 20.7. The number of benzene rings is 2. The van der Waals surface area contributed by atoms with E-state index < -0.39 is 18.0 Å². The molecule has 0 bridgehead atoms. The first-order chi connectivity index (χ1) is 14.9. The number of primary amides is 1. The number of para-hydroxylation sites is 1. The van der Waals surface area contributed by atoms with Crippen LogP contribution in [0.15, 0.2) is 54.7 Å². The summed E-state index contributed by atoms with van der Waals surface area (Å²) >= 11 is 0. The van der Waals surface area contributed by atoms with Crippen LogP contribution in [-0.2, 0) is 9.59 Å². The number of hydrogen-bond acceptors (Lipinski definition) is 3. The van der Waals surface area contributed by atoms with E-state index in [0.29, 0.717) is 12.0 Å². The third kappa shape index (κ3) is 3.79. The summed E-state index contributed by atoms with van der Waals surface area (Å²) in [6.07, 6.45) is 2.37. The highest BCUT2D eigenvalue weighted by Crippen LogP contribution is 2.43. The molecule has 2 unspecified atom stereocenters. The number of H-pyrrole nitrogens is 1. The van der Waals surface area contributed by atoms with Crippen molar-refractivity contribution in [1.82, 2.24) is 15.2 Å². The average Bonchev–Trinajstić information content (AvgIpc) is 3.29. The number of fused-ring (bicyclic) bond motifs is 2. The molecule has 2 atom stereocenters. The highest BCUT2D eigenvalue weighted by molar-refractivity contribution is 6.03. The first-order valence-corrected chi connectivity index (χ1v) is 10.4. The molecule has 0 spiro atoms. The predicted octanol–water partition coefficient (Wildman–Crippen LogP) is 2.73. The minimum atomic E-state index is -0.738. The number of carbonyl (C=O) groups is 3. The van der Waals surface area contributed by atoms with Crippen LogP contribution in [0.4, 0.5) is 0 Å². The van der Waals surface area contributed by atoms with E-state index in [1.807, 2.05) is 62.5 Å². The molecule has 0 aliphatic carbocycles. The Balaban J connectivity index is 1.84. The van der Waals surface area contributed by atoms with E-state index in [2.05, 4.69) is 10.3 Å². The second-order valence-electron chi connectivity index (χ2n) is 8.32. The maximum Gasteiger partial charge on any atom is 0.255 e. The Morgan fingerprint density at radius 3 is 2.55 bits per heavy atom. The molecule has 4 rings (SSSR count). The van der Waals surface area contributed by atoms with Crippen LogP contribution in [0, 0.1) is 5.92 Å². The fourth-order valence-electron chi connectivity index (χ4n) is 4.38. The molecule has 0 saturated carbocycles. The monoisotopic (exact) mass is 418 g/mol. The topological polar surface area (TPSA) is 108 Å². The second-order valence-corrected chi connectivity index (χ2v) is 8.32. The Morgan fingerprint density at radius 2 is 1.81 bits per heavy atom. The van der Waals surface area contributed by atoms with Gasteiger partial charge in [-0.3, -0.25) is 14.4 Å². The third-order valence-electron chi connectivity index (χ3n) is 5.68. The van der Waals surface area contributed by atoms with Gasteiger partial charge in [0.05, 0.1) is 12.6 Å². The summed E-state index contributed by atoms with van der Waals surface area (Å²) in [6, 6.07) is 14.2. The molecule has 4 N–H and O–H groups in total. The lowest BCUT2D eigenvalue weighted by Crippen LogP contribution is -2.50. The summed E-state index contributed by atoms with van der Waals surface area (Å²) in [5.74, 6) is -1.03. The Kier molecular flexibility index (Phi) is 5.50. The Morgan fingerprint density at radius 1 is 1.10 bits per heavy atom. The van der Waals surface area contributed by atoms with Crippen molar-refractivity contribution in [2.24, 2.45) is 11.7 Å². The van der Waals surface area contributed by atoms with Crippen molar-refractivity contribution >= 4 is 28.6 Å². The third-order valence-corrected chi connectivity index (χ3v) is 5.68. The highest BCUT2D eigenvalue weighted by atomic mass is 16.2. The van der Waals surface area contributed by atoms with Crippen LogP contribution in [0.2, 0.25) is 0 Å². The lowest BCUT2D eigenvalue weighted by Gasteiger charge is -2.33. The smallest absolute Gasteiger partial charge is 0.255 e. The molecule has 2 heterocycles. The van der Waals surface area contributed by atoms with Crippen LogP contribution < -0.4 is 11.1 Å². The summed E-state index contributed by atoms with van der Waals surface area (Å²) in [6.45, 7) is 3.74. The number of nitrogens with two attached hydrogens (primary N) is 1. The van der Waals surface area contributed by atoms with E-state index in [-0.39, 0.29) is 24.3 Å². The molecular formula is C24H26N4O3. The van der Waals surface area contributed by atoms with Crippen LogP contribution in [0.3, 0.4) is 0 Å². The number of hydrogen-bond donors (Lipinski definition) is 3. The van der Waals surface area contributed by atoms with Gasteiger partial charge in [-0.05, 0) is 30.0 Å². The number of nitrogens with one attached hydrogen (secondary N) is 2. The molecule has 1 aliphatic heterocycles. The van der Waals surface area contributed by atoms with Gasteiger partial charge in [0.2, 0.25) is 11.8 Å². The van der Waals surface area contributed by atoms with E-state index in [9.17, 15) is 14.4 Å². The molecule has 160 valence electrons. The van der Waals surface area contributed by atoms with Gasteiger partial charge >= 0.3 is 0 Å². The molecule has 0 fully saturated rings. The predicted molar refractivity (Wildman–Crippen MR) is 118 cm³/mol. The molecule has 7 nitrogen and oxygen atoms in total. The average molecular weight is 418 g/mol. The van der Waals surface area contributed by atoms with Crippen LogP contribution >= 0.6 is 0 Å². The number of aromatic nitrogens is 1. The summed E-state index contributed by atoms with van der Waals surface area (Å²) in [4.78, 5) is 42.8. The van der Waals surface area contributed by atoms with E-state index in [1.54, 1.807) is 11.0 Å². The molecule has 0 radical (unpaired) electrons. The highest BCUT2D eigenvalue weighted by Gasteiger charge is 2.44. The molecule has 3 amide bonds. The fraction of sp³-hybridized carbons (Fsp3) is 0.292. The maximum absolute atomic E-state index is 13.5. The zero-order valence-electron chi connectivity index (χ0n) is 17.6. The van der Waals surface area contributed by atoms with E-state index >= 15 is 0 Å². The molecular weight excluding hydrogens is 392 g/mol. The van der Waals surface area contributed by atoms with Gasteiger partial charge in [-0.25, -0.2) is 0 Å². The van der Waals surface area contributed by atoms with Crippen molar-refractivity contribution in [1.29, 1.82) is 0 Å². The van der Waals surface area contributed by atoms with Crippen molar-refractivity contribution in [3.8, 4) is 0 Å². The van der Waals surface area contributed by atoms with Gasteiger partial charge in [-0.2, -0.15) is 0 Å². The second kappa shape index (κ2) is 8.26. The molecule has 2 aromatic carbocycles. The van der Waals surface area contributed by atoms with Crippen molar-refractivity contribution in [3.63, 3.8) is 0 Å². The SMILES string of the molecule is CC(C)CC(C(=O)NCC(N)=O)N1C(=O)c2ccccc2C1c1c[nH]c2ccccc12. The number of rotatable bonds is 7. The quantitative estimate of drug-likeness (QED) is 0.549. The summed E-state index contributed by atoms with van der Waals surface area (Å²) < 4.78 is 0. The zero-order chi connectivity index (χ0) is 22.1. The van der Waals surface area contributed by atoms with Crippen molar-refractivity contribution in [3.05, 3.63) is 71.4 Å². The van der Waals surface area contributed by atoms with Crippen LogP contribution in [0.5, 0.6) is 0 Å². The summed E-state index contributed by atoms with van der Waals surface area (Å²) in [5.41, 5.74) is 8.58. The molecule has 7 heteroatoms. The van der Waals surface area contributed by atoms with Gasteiger partial charge in [0.1, 0.15) is 6.04 Å². The molecule has 3 aromatic rings. The maximum atomic E-state index is 13.5. The molecule has 0 saturated heterocycles. The van der Waals surface area contributed by atoms with Gasteiger partial charge in [-0.15, -0.1) is 0 Å². The van der Waals surface area contributed by atoms with Gasteiger partial charge in [0.15, 0.2) is 0 Å². The van der Waals surface area contributed by atoms with Gasteiger partial charge in [-0.1, -0.05) is 50.2 Å². The van der Waals surface area contributed by atoms with Crippen LogP contribution in [0.1, 0.15) is 47.8 Å². The minimum Gasteiger partial charge on any atom is -0.368 e. The number of carbonyl (C=O) groups excluding carboxylic acids is 3. The fourth-order valence-corrected chi connectivity index (χ4v) is 4.38. The first-order valence-electron chi connectivity index (χ1n) is 10.4. The Bertz CT molecular complexity index is 1150. The lowest BCUT2D eigenvalue weighted by atomic mass is 9.95. The number of amides is 3.